The lowest BCUT2D eigenvalue weighted by molar-refractivity contribution is 0.421. The molecular formula is C10H16S. The minimum absolute atomic E-state index is 0.953. The Bertz CT molecular complexity index is 193. The quantitative estimate of drug-likeness (QED) is 0.532. The van der Waals surface area contributed by atoms with E-state index in [1.807, 2.05) is 0 Å². The van der Waals surface area contributed by atoms with Gasteiger partial charge in [-0.05, 0) is 37.5 Å². The molecule has 1 heterocycles. The van der Waals surface area contributed by atoms with E-state index in [4.69, 9.17) is 0 Å². The molecule has 1 fully saturated rings. The fourth-order valence-electron chi connectivity index (χ4n) is 2.31. The Labute approximate surface area is 73.4 Å². The molecule has 0 aromatic rings. The second-order valence-electron chi connectivity index (χ2n) is 3.79. The molecule has 0 saturated heterocycles. The maximum Gasteiger partial charge on any atom is 0.0157 e. The highest BCUT2D eigenvalue weighted by Gasteiger charge is 2.32. The van der Waals surface area contributed by atoms with Gasteiger partial charge in [0.25, 0.3) is 0 Å². The van der Waals surface area contributed by atoms with Gasteiger partial charge < -0.3 is 0 Å². The lowest BCUT2D eigenvalue weighted by atomic mass is 9.84. The maximum atomic E-state index is 2.33. The molecule has 1 saturated carbocycles. The largest absolute Gasteiger partial charge is 0.127 e. The number of hydrogen-bond donors (Lipinski definition) is 0. The summed E-state index contributed by atoms with van der Waals surface area (Å²) >= 11 is 2.14. The Hall–Kier alpha value is 0.0900. The number of hydrogen-bond acceptors (Lipinski definition) is 1. The molecule has 1 heteroatoms. The van der Waals surface area contributed by atoms with Crippen LogP contribution in [0.15, 0.2) is 10.5 Å². The molecule has 0 spiro atoms. The van der Waals surface area contributed by atoms with Crippen LogP contribution >= 0.6 is 11.8 Å². The van der Waals surface area contributed by atoms with Gasteiger partial charge in [0.2, 0.25) is 0 Å². The molecule has 0 aromatic carbocycles. The topological polar surface area (TPSA) is 0 Å². The van der Waals surface area contributed by atoms with Crippen molar-refractivity contribution in [3.63, 3.8) is 0 Å². The van der Waals surface area contributed by atoms with Crippen molar-refractivity contribution in [3.05, 3.63) is 10.5 Å². The summed E-state index contributed by atoms with van der Waals surface area (Å²) in [6, 6.07) is 0. The predicted molar refractivity (Wildman–Crippen MR) is 51.7 cm³/mol. The van der Waals surface area contributed by atoms with Crippen LogP contribution in [0.4, 0.5) is 0 Å². The molecule has 62 valence electrons. The van der Waals surface area contributed by atoms with E-state index in [-0.39, 0.29) is 0 Å². The van der Waals surface area contributed by atoms with Gasteiger partial charge in [-0.2, -0.15) is 0 Å². The number of rotatable bonds is 0. The van der Waals surface area contributed by atoms with Crippen LogP contribution in [-0.4, -0.2) is 5.25 Å². The molecule has 0 aromatic heterocycles. The lowest BCUT2D eigenvalue weighted by Gasteiger charge is -2.25. The van der Waals surface area contributed by atoms with Gasteiger partial charge in [0, 0.05) is 5.25 Å². The van der Waals surface area contributed by atoms with Crippen LogP contribution in [-0.2, 0) is 0 Å². The number of thioether (sulfide) groups is 1. The van der Waals surface area contributed by atoms with Crippen LogP contribution in [0, 0.1) is 5.92 Å². The zero-order valence-corrected chi connectivity index (χ0v) is 8.21. The first kappa shape index (κ1) is 7.72. The van der Waals surface area contributed by atoms with Gasteiger partial charge in [0.1, 0.15) is 0 Å². The van der Waals surface area contributed by atoms with Gasteiger partial charge in [-0.25, -0.2) is 0 Å². The first-order valence-corrected chi connectivity index (χ1v) is 5.51. The van der Waals surface area contributed by atoms with Crippen molar-refractivity contribution < 1.29 is 0 Å². The maximum absolute atomic E-state index is 2.33. The van der Waals surface area contributed by atoms with E-state index >= 15 is 0 Å². The Balaban J connectivity index is 2.15. The Morgan fingerprint density at radius 2 is 1.91 bits per heavy atom. The summed E-state index contributed by atoms with van der Waals surface area (Å²) in [4.78, 5) is 1.61. The summed E-state index contributed by atoms with van der Waals surface area (Å²) in [6.07, 6.45) is 5.85. The first-order chi connectivity index (χ1) is 5.29. The molecule has 0 amide bonds. The smallest absolute Gasteiger partial charge is 0.0157 e. The Kier molecular flexibility index (Phi) is 2.00. The van der Waals surface area contributed by atoms with Crippen molar-refractivity contribution >= 4 is 11.8 Å². The number of allylic oxidation sites excluding steroid dienone is 2. The Morgan fingerprint density at radius 3 is 2.64 bits per heavy atom. The van der Waals surface area contributed by atoms with E-state index in [1.54, 1.807) is 10.5 Å². The highest BCUT2D eigenvalue weighted by Crippen LogP contribution is 2.48. The average Bonchev–Trinajstić information content (AvgIpc) is 2.30. The molecule has 1 aliphatic heterocycles. The third kappa shape index (κ3) is 1.24. The summed E-state index contributed by atoms with van der Waals surface area (Å²) < 4.78 is 0. The van der Waals surface area contributed by atoms with Gasteiger partial charge in [-0.1, -0.05) is 18.4 Å². The number of fused-ring (bicyclic) bond motifs is 1. The van der Waals surface area contributed by atoms with E-state index < -0.39 is 0 Å². The second kappa shape index (κ2) is 2.85. The predicted octanol–water partition coefficient (Wildman–Crippen LogP) is 3.59. The zero-order chi connectivity index (χ0) is 7.84. The van der Waals surface area contributed by atoms with Gasteiger partial charge >= 0.3 is 0 Å². The van der Waals surface area contributed by atoms with Crippen molar-refractivity contribution in [3.8, 4) is 0 Å². The van der Waals surface area contributed by atoms with Crippen molar-refractivity contribution in [1.29, 1.82) is 0 Å². The highest BCUT2D eigenvalue weighted by molar-refractivity contribution is 8.03. The van der Waals surface area contributed by atoms with E-state index in [2.05, 4.69) is 25.6 Å². The summed E-state index contributed by atoms with van der Waals surface area (Å²) in [5.74, 6) is 0.953. The average molecular weight is 168 g/mol. The van der Waals surface area contributed by atoms with Crippen molar-refractivity contribution in [1.82, 2.24) is 0 Å². The van der Waals surface area contributed by atoms with Gasteiger partial charge in [0.15, 0.2) is 0 Å². The molecule has 2 atom stereocenters. The minimum atomic E-state index is 0.953. The molecule has 2 unspecified atom stereocenters. The van der Waals surface area contributed by atoms with Crippen LogP contribution in [0.5, 0.6) is 0 Å². The van der Waals surface area contributed by atoms with Crippen LogP contribution in [0.25, 0.3) is 0 Å². The molecule has 2 rings (SSSR count). The van der Waals surface area contributed by atoms with Crippen LogP contribution in [0.2, 0.25) is 0 Å². The SMILES string of the molecule is CC1=C(C)C2CCCCC2S1. The normalized spacial score (nSPS) is 37.6. The van der Waals surface area contributed by atoms with Gasteiger partial charge in [-0.3, -0.25) is 0 Å². The zero-order valence-electron chi connectivity index (χ0n) is 7.39. The molecular weight excluding hydrogens is 152 g/mol. The van der Waals surface area contributed by atoms with Crippen molar-refractivity contribution in [2.24, 2.45) is 5.92 Å². The molecule has 0 bridgehead atoms. The van der Waals surface area contributed by atoms with Crippen LogP contribution in [0.1, 0.15) is 39.5 Å². The third-order valence-electron chi connectivity index (χ3n) is 3.14. The van der Waals surface area contributed by atoms with Crippen LogP contribution < -0.4 is 0 Å². The highest BCUT2D eigenvalue weighted by atomic mass is 32.2. The van der Waals surface area contributed by atoms with Crippen molar-refractivity contribution in [2.75, 3.05) is 0 Å². The molecule has 0 nitrogen and oxygen atoms in total. The summed E-state index contributed by atoms with van der Waals surface area (Å²) in [7, 11) is 0. The molecule has 0 N–H and O–H groups in total. The fourth-order valence-corrected chi connectivity index (χ4v) is 3.89. The lowest BCUT2D eigenvalue weighted by Crippen LogP contribution is -2.18. The second-order valence-corrected chi connectivity index (χ2v) is 5.24. The molecule has 2 aliphatic rings. The Morgan fingerprint density at radius 1 is 1.18 bits per heavy atom. The first-order valence-electron chi connectivity index (χ1n) is 4.63. The molecule has 1 aliphatic carbocycles. The van der Waals surface area contributed by atoms with Crippen molar-refractivity contribution in [2.45, 2.75) is 44.8 Å². The third-order valence-corrected chi connectivity index (χ3v) is 4.68. The summed E-state index contributed by atoms with van der Waals surface area (Å²) in [6.45, 7) is 4.62. The standard InChI is InChI=1S/C10H16S/c1-7-8(2)11-10-6-4-3-5-9(7)10/h9-10H,3-6H2,1-2H3. The minimum Gasteiger partial charge on any atom is -0.127 e. The fraction of sp³-hybridized carbons (Fsp3) is 0.800. The van der Waals surface area contributed by atoms with E-state index in [0.29, 0.717) is 0 Å². The van der Waals surface area contributed by atoms with E-state index in [9.17, 15) is 0 Å². The molecule has 0 radical (unpaired) electrons. The summed E-state index contributed by atoms with van der Waals surface area (Å²) in [5, 5.41) is 0.962. The summed E-state index contributed by atoms with van der Waals surface area (Å²) in [5.41, 5.74) is 1.69. The van der Waals surface area contributed by atoms with Gasteiger partial charge in [-0.15, -0.1) is 11.8 Å². The van der Waals surface area contributed by atoms with E-state index in [0.717, 1.165) is 11.2 Å². The van der Waals surface area contributed by atoms with E-state index in [1.165, 1.54) is 25.7 Å². The van der Waals surface area contributed by atoms with Gasteiger partial charge in [0.05, 0.1) is 0 Å². The van der Waals surface area contributed by atoms with Crippen LogP contribution in [0.3, 0.4) is 0 Å². The molecule has 11 heavy (non-hydrogen) atoms. The monoisotopic (exact) mass is 168 g/mol.